The fraction of sp³-hybridized carbons (Fsp3) is 0.321. The van der Waals surface area contributed by atoms with Gasteiger partial charge in [-0.3, -0.25) is 14.4 Å². The largest absolute Gasteiger partial charge is 0.492 e. The molecule has 1 aliphatic rings. The highest BCUT2D eigenvalue weighted by atomic mass is 32.1. The number of anilines is 1. The molecule has 2 heterocycles. The molecule has 4 amide bonds. The Balaban J connectivity index is 1.58. The van der Waals surface area contributed by atoms with Gasteiger partial charge in [-0.2, -0.15) is 0 Å². The van der Waals surface area contributed by atoms with E-state index in [0.29, 0.717) is 17.9 Å². The summed E-state index contributed by atoms with van der Waals surface area (Å²) < 4.78 is 5.72. The van der Waals surface area contributed by atoms with E-state index >= 15 is 0 Å². The van der Waals surface area contributed by atoms with Gasteiger partial charge in [-0.05, 0) is 37.4 Å². The summed E-state index contributed by atoms with van der Waals surface area (Å²) in [5.74, 6) is -1.22. The molecule has 1 unspecified atom stereocenters. The van der Waals surface area contributed by atoms with Crippen LogP contribution in [0.15, 0.2) is 60.0 Å². The molecule has 1 saturated heterocycles. The lowest BCUT2D eigenvalue weighted by Crippen LogP contribution is -2.50. The number of aromatic nitrogens is 1. The third-order valence-corrected chi connectivity index (χ3v) is 7.19. The van der Waals surface area contributed by atoms with Gasteiger partial charge < -0.3 is 20.3 Å². The number of imide groups is 1. The highest BCUT2D eigenvalue weighted by Crippen LogP contribution is 2.32. The van der Waals surface area contributed by atoms with Crippen molar-refractivity contribution in [3.63, 3.8) is 0 Å². The van der Waals surface area contributed by atoms with Crippen LogP contribution in [-0.4, -0.2) is 71.7 Å². The Bertz CT molecular complexity index is 1340. The highest BCUT2D eigenvalue weighted by molar-refractivity contribution is 7.14. The number of carbonyl (C=O) groups is 4. The summed E-state index contributed by atoms with van der Waals surface area (Å²) in [5.41, 5.74) is 1.59. The Labute approximate surface area is 231 Å². The van der Waals surface area contributed by atoms with Gasteiger partial charge in [-0.25, -0.2) is 14.7 Å². The summed E-state index contributed by atoms with van der Waals surface area (Å²) >= 11 is 1.10. The van der Waals surface area contributed by atoms with E-state index in [-0.39, 0.29) is 16.6 Å². The topological polar surface area (TPSA) is 121 Å². The molecule has 1 fully saturated rings. The summed E-state index contributed by atoms with van der Waals surface area (Å²) in [4.78, 5) is 59.2. The first-order chi connectivity index (χ1) is 18.7. The van der Waals surface area contributed by atoms with E-state index < -0.39 is 35.8 Å². The summed E-state index contributed by atoms with van der Waals surface area (Å²) in [6.45, 7) is 4.45. The van der Waals surface area contributed by atoms with E-state index in [4.69, 9.17) is 4.74 Å². The van der Waals surface area contributed by atoms with E-state index in [9.17, 15) is 19.2 Å². The molecule has 11 heteroatoms. The van der Waals surface area contributed by atoms with E-state index in [1.54, 1.807) is 36.6 Å². The zero-order chi connectivity index (χ0) is 28.1. The predicted octanol–water partition coefficient (Wildman–Crippen LogP) is 3.69. The van der Waals surface area contributed by atoms with Crippen LogP contribution >= 0.6 is 11.3 Å². The molecule has 0 radical (unpaired) electrons. The Morgan fingerprint density at radius 1 is 1.13 bits per heavy atom. The fourth-order valence-corrected chi connectivity index (χ4v) is 5.02. The molecule has 2 N–H and O–H groups in total. The second-order valence-corrected chi connectivity index (χ2v) is 10.4. The Hall–Kier alpha value is -4.09. The number of carbonyl (C=O) groups excluding carboxylic acids is 4. The van der Waals surface area contributed by atoms with Crippen molar-refractivity contribution in [3.05, 3.63) is 76.8 Å². The quantitative estimate of drug-likeness (QED) is 0.276. The molecule has 0 spiro atoms. The number of ether oxygens (including phenoxy) is 1. The van der Waals surface area contributed by atoms with Gasteiger partial charge in [0, 0.05) is 24.8 Å². The van der Waals surface area contributed by atoms with Crippen molar-refractivity contribution in [2.45, 2.75) is 31.8 Å². The Morgan fingerprint density at radius 2 is 1.82 bits per heavy atom. The molecule has 10 nitrogen and oxygen atoms in total. The van der Waals surface area contributed by atoms with Crippen LogP contribution in [0, 0.1) is 0 Å². The molecule has 0 saturated carbocycles. The maximum Gasteiger partial charge on any atom is 0.325 e. The molecule has 39 heavy (non-hydrogen) atoms. The minimum atomic E-state index is -1.16. The fourth-order valence-electron chi connectivity index (χ4n) is 4.26. The summed E-state index contributed by atoms with van der Waals surface area (Å²) in [6, 6.07) is 13.4. The molecule has 0 bridgehead atoms. The number of rotatable bonds is 11. The molecule has 204 valence electrons. The third kappa shape index (κ3) is 6.50. The summed E-state index contributed by atoms with van der Waals surface area (Å²) in [7, 11) is 3.91. The minimum absolute atomic E-state index is 0.212. The van der Waals surface area contributed by atoms with Crippen molar-refractivity contribution in [1.82, 2.24) is 20.1 Å². The van der Waals surface area contributed by atoms with Crippen molar-refractivity contribution in [1.29, 1.82) is 0 Å². The van der Waals surface area contributed by atoms with Crippen molar-refractivity contribution in [2.75, 3.05) is 32.6 Å². The number of thiazole rings is 1. The average molecular weight is 550 g/mol. The van der Waals surface area contributed by atoms with Gasteiger partial charge in [-0.15, -0.1) is 11.3 Å². The minimum Gasteiger partial charge on any atom is -0.492 e. The van der Waals surface area contributed by atoms with Gasteiger partial charge in [0.05, 0.1) is 0 Å². The van der Waals surface area contributed by atoms with Crippen molar-refractivity contribution < 1.29 is 23.9 Å². The van der Waals surface area contributed by atoms with Crippen LogP contribution in [0.3, 0.4) is 0 Å². The van der Waals surface area contributed by atoms with E-state index in [1.165, 1.54) is 6.92 Å². The smallest absolute Gasteiger partial charge is 0.325 e. The lowest BCUT2D eigenvalue weighted by atomic mass is 9.91. The van der Waals surface area contributed by atoms with Gasteiger partial charge in [0.1, 0.15) is 30.1 Å². The zero-order valence-electron chi connectivity index (χ0n) is 22.2. The molecule has 3 aromatic rings. The first-order valence-corrected chi connectivity index (χ1v) is 13.4. The highest BCUT2D eigenvalue weighted by Gasteiger charge is 2.47. The van der Waals surface area contributed by atoms with E-state index in [2.05, 4.69) is 15.6 Å². The molecular weight excluding hydrogens is 518 g/mol. The van der Waals surface area contributed by atoms with Crippen LogP contribution in [0.2, 0.25) is 0 Å². The lowest BCUT2D eigenvalue weighted by molar-refractivity contribution is -0.134. The molecule has 0 aliphatic carbocycles. The number of nitrogens with zero attached hydrogens (tertiary/aromatic N) is 3. The van der Waals surface area contributed by atoms with Gasteiger partial charge in [0.2, 0.25) is 5.91 Å². The second-order valence-electron chi connectivity index (χ2n) is 9.54. The normalized spacial score (nSPS) is 16.6. The predicted molar refractivity (Wildman–Crippen MR) is 148 cm³/mol. The first-order valence-electron chi connectivity index (χ1n) is 12.5. The van der Waals surface area contributed by atoms with Crippen LogP contribution in [-0.2, 0) is 9.59 Å². The summed E-state index contributed by atoms with van der Waals surface area (Å²) in [6.07, 6.45) is 0. The second kappa shape index (κ2) is 12.2. The average Bonchev–Trinajstić information content (AvgIpc) is 3.50. The Morgan fingerprint density at radius 3 is 2.44 bits per heavy atom. The van der Waals surface area contributed by atoms with Crippen LogP contribution in [0.4, 0.5) is 9.93 Å². The van der Waals surface area contributed by atoms with Crippen molar-refractivity contribution in [2.24, 2.45) is 0 Å². The molecule has 1 aliphatic heterocycles. The molecular formula is C28H31N5O5S. The molecule has 2 aromatic carbocycles. The van der Waals surface area contributed by atoms with Gasteiger partial charge >= 0.3 is 6.03 Å². The number of amides is 4. The SMILES string of the molecule is CC(=O)c1csc(NC(=O)[C@H]([C@@H](C)c2ccccc2)N2C(=O)NC(c3ccc(OCCN(C)C)cc3)C2=O)n1. The maximum absolute atomic E-state index is 13.6. The van der Waals surface area contributed by atoms with E-state index in [0.717, 1.165) is 28.3 Å². The number of nitrogens with one attached hydrogen (secondary N) is 2. The number of likely N-dealkylation sites (N-methyl/N-ethyl adjacent to an activating group) is 1. The molecule has 4 rings (SSSR count). The van der Waals surface area contributed by atoms with Crippen LogP contribution in [0.5, 0.6) is 5.75 Å². The zero-order valence-corrected chi connectivity index (χ0v) is 23.0. The number of benzene rings is 2. The Kier molecular flexibility index (Phi) is 8.72. The summed E-state index contributed by atoms with van der Waals surface area (Å²) in [5, 5.41) is 7.18. The number of Topliss-reactive ketones (excluding diaryl/α,β-unsaturated/α-hetero) is 1. The van der Waals surface area contributed by atoms with E-state index in [1.807, 2.05) is 49.3 Å². The van der Waals surface area contributed by atoms with Gasteiger partial charge in [-0.1, -0.05) is 49.4 Å². The number of urea groups is 1. The third-order valence-electron chi connectivity index (χ3n) is 6.43. The molecule has 3 atom stereocenters. The van der Waals surface area contributed by atoms with Gasteiger partial charge in [0.15, 0.2) is 10.9 Å². The first kappa shape index (κ1) is 27.9. The monoisotopic (exact) mass is 549 g/mol. The lowest BCUT2D eigenvalue weighted by Gasteiger charge is -2.29. The van der Waals surface area contributed by atoms with Crippen LogP contribution in [0.1, 0.15) is 47.4 Å². The van der Waals surface area contributed by atoms with Crippen LogP contribution in [0.25, 0.3) is 0 Å². The van der Waals surface area contributed by atoms with Crippen molar-refractivity contribution >= 4 is 40.1 Å². The van der Waals surface area contributed by atoms with Crippen molar-refractivity contribution in [3.8, 4) is 5.75 Å². The van der Waals surface area contributed by atoms with Gasteiger partial charge in [0.25, 0.3) is 5.91 Å². The standard InChI is InChI=1S/C28H31N5O5S/c1-17(19-8-6-5-7-9-19)24(25(35)31-27-29-22(16-39-27)18(2)34)33-26(36)23(30-28(33)37)20-10-12-21(13-11-20)38-15-14-32(3)4/h5-13,16-17,23-24H,14-15H2,1-4H3,(H,30,37)(H,29,31,35)/t17-,23?,24-/m0/s1. The van der Waals surface area contributed by atoms with Crippen LogP contribution < -0.4 is 15.4 Å². The molecule has 1 aromatic heterocycles. The number of ketones is 1. The number of hydrogen-bond acceptors (Lipinski definition) is 8. The number of hydrogen-bond donors (Lipinski definition) is 2. The maximum atomic E-state index is 13.6.